The van der Waals surface area contributed by atoms with Crippen LogP contribution in [0.2, 0.25) is 0 Å². The van der Waals surface area contributed by atoms with Crippen molar-refractivity contribution < 1.29 is 31.9 Å². The van der Waals surface area contributed by atoms with Gasteiger partial charge in [0.05, 0.1) is 24.2 Å². The fraction of sp³-hybridized carbons (Fsp3) is 0.269. The molecule has 8 nitrogen and oxygen atoms in total. The summed E-state index contributed by atoms with van der Waals surface area (Å²) in [5.41, 5.74) is 1.48. The summed E-state index contributed by atoms with van der Waals surface area (Å²) in [6.07, 6.45) is -0.380. The lowest BCUT2D eigenvalue weighted by atomic mass is 10.1. The number of hydrogen-bond acceptors (Lipinski definition) is 6. The number of nitriles is 1. The van der Waals surface area contributed by atoms with Crippen molar-refractivity contribution in [3.63, 3.8) is 0 Å². The topological polar surface area (TPSA) is 115 Å². The van der Waals surface area contributed by atoms with E-state index in [1.54, 1.807) is 30.3 Å². The van der Waals surface area contributed by atoms with Crippen LogP contribution < -0.4 is 10.6 Å². The first-order valence-electron chi connectivity index (χ1n) is 11.6. The zero-order valence-corrected chi connectivity index (χ0v) is 21.0. The summed E-state index contributed by atoms with van der Waals surface area (Å²) in [4.78, 5) is 42.0. The van der Waals surface area contributed by atoms with Gasteiger partial charge in [-0.1, -0.05) is 12.1 Å². The minimum atomic E-state index is -3.14. The third kappa shape index (κ3) is 7.17. The van der Waals surface area contributed by atoms with Crippen LogP contribution in [0.1, 0.15) is 43.4 Å². The van der Waals surface area contributed by atoms with Crippen LogP contribution in [0.15, 0.2) is 47.8 Å². The molecule has 1 atom stereocenters. The molecular formula is C26H21F4N5O3S. The molecule has 1 saturated heterocycles. The van der Waals surface area contributed by atoms with E-state index in [1.165, 1.54) is 16.7 Å². The molecule has 13 heteroatoms. The van der Waals surface area contributed by atoms with Gasteiger partial charge in [-0.3, -0.25) is 14.4 Å². The van der Waals surface area contributed by atoms with Gasteiger partial charge in [0.15, 0.2) is 0 Å². The number of aromatic nitrogens is 1. The van der Waals surface area contributed by atoms with Crippen LogP contribution in [0.5, 0.6) is 0 Å². The number of benzene rings is 2. The third-order valence-corrected chi connectivity index (χ3v) is 6.72. The molecule has 2 N–H and O–H groups in total. The van der Waals surface area contributed by atoms with Crippen molar-refractivity contribution in [2.45, 2.75) is 31.4 Å². The molecule has 0 unspecified atom stereocenters. The summed E-state index contributed by atoms with van der Waals surface area (Å²) in [5.74, 6) is -6.47. The Labute approximate surface area is 224 Å². The van der Waals surface area contributed by atoms with Crippen molar-refractivity contribution in [3.8, 4) is 6.07 Å². The maximum atomic E-state index is 13.5. The van der Waals surface area contributed by atoms with Gasteiger partial charge in [-0.05, 0) is 35.4 Å². The quantitative estimate of drug-likeness (QED) is 0.411. The highest BCUT2D eigenvalue weighted by atomic mass is 32.1. The number of carbonyl (C=O) groups excluding carboxylic acids is 3. The minimum absolute atomic E-state index is 0.0474. The van der Waals surface area contributed by atoms with Gasteiger partial charge in [-0.25, -0.2) is 22.5 Å². The van der Waals surface area contributed by atoms with Crippen molar-refractivity contribution in [1.29, 1.82) is 5.26 Å². The molecule has 39 heavy (non-hydrogen) atoms. The monoisotopic (exact) mass is 559 g/mol. The smallest absolute Gasteiger partial charge is 0.271 e. The molecule has 0 bridgehead atoms. The van der Waals surface area contributed by atoms with Crippen LogP contribution >= 0.6 is 11.3 Å². The van der Waals surface area contributed by atoms with Crippen LogP contribution in [-0.2, 0) is 17.8 Å². The summed E-state index contributed by atoms with van der Waals surface area (Å²) in [7, 11) is 0. The molecule has 2 heterocycles. The first kappa shape index (κ1) is 27.7. The number of amides is 3. The second-order valence-corrected chi connectivity index (χ2v) is 9.81. The molecule has 3 aromatic rings. The molecule has 0 saturated carbocycles. The minimum Gasteiger partial charge on any atom is -0.348 e. The Bertz CT molecular complexity index is 1420. The van der Waals surface area contributed by atoms with E-state index < -0.39 is 60.8 Å². The molecular weight excluding hydrogens is 538 g/mol. The average Bonchev–Trinajstić information content (AvgIpc) is 3.49. The van der Waals surface area contributed by atoms with Crippen LogP contribution in [0.25, 0.3) is 0 Å². The van der Waals surface area contributed by atoms with E-state index in [2.05, 4.69) is 15.6 Å². The molecule has 0 radical (unpaired) electrons. The molecule has 1 aromatic heterocycles. The van der Waals surface area contributed by atoms with E-state index >= 15 is 0 Å². The summed E-state index contributed by atoms with van der Waals surface area (Å²) in [6.45, 7) is -1.46. The highest BCUT2D eigenvalue weighted by molar-refractivity contribution is 7.09. The molecule has 1 fully saturated rings. The number of nitrogens with zero attached hydrogens (tertiary/aromatic N) is 3. The number of halogens is 4. The van der Waals surface area contributed by atoms with E-state index in [0.717, 1.165) is 28.7 Å². The lowest BCUT2D eigenvalue weighted by molar-refractivity contribution is -0.131. The van der Waals surface area contributed by atoms with Gasteiger partial charge in [0.25, 0.3) is 17.7 Å². The number of thiazole rings is 1. The Hall–Kier alpha value is -4.31. The van der Waals surface area contributed by atoms with Crippen molar-refractivity contribution in [2.75, 3.05) is 13.1 Å². The lowest BCUT2D eigenvalue weighted by Crippen LogP contribution is -2.43. The first-order valence-corrected chi connectivity index (χ1v) is 12.5. The molecule has 202 valence electrons. The highest BCUT2D eigenvalue weighted by Gasteiger charge is 2.47. The Morgan fingerprint density at radius 1 is 1.05 bits per heavy atom. The largest absolute Gasteiger partial charge is 0.348 e. The zero-order chi connectivity index (χ0) is 28.2. The molecule has 1 aliphatic heterocycles. The Morgan fingerprint density at radius 3 is 2.41 bits per heavy atom. The van der Waals surface area contributed by atoms with Crippen LogP contribution in [0.3, 0.4) is 0 Å². The van der Waals surface area contributed by atoms with E-state index in [-0.39, 0.29) is 17.8 Å². The van der Waals surface area contributed by atoms with E-state index in [0.29, 0.717) is 17.0 Å². The SMILES string of the molecule is N#C[C@@H]1CC(F)(F)CN1C(=O)CNC(=O)c1csc(Cc2ccc(C(=O)NCc3cc(F)cc(F)c3)cc2)n1. The zero-order valence-electron chi connectivity index (χ0n) is 20.2. The maximum Gasteiger partial charge on any atom is 0.271 e. The maximum absolute atomic E-state index is 13.5. The molecule has 0 aliphatic carbocycles. The van der Waals surface area contributed by atoms with Gasteiger partial charge >= 0.3 is 0 Å². The average molecular weight is 560 g/mol. The van der Waals surface area contributed by atoms with Crippen molar-refractivity contribution in [3.05, 3.63) is 86.9 Å². The first-order chi connectivity index (χ1) is 18.5. The lowest BCUT2D eigenvalue weighted by Gasteiger charge is -2.19. The van der Waals surface area contributed by atoms with Crippen molar-refractivity contribution >= 4 is 29.1 Å². The predicted octanol–water partition coefficient (Wildman–Crippen LogP) is 3.43. The summed E-state index contributed by atoms with van der Waals surface area (Å²) >= 11 is 1.20. The predicted molar refractivity (Wildman–Crippen MR) is 132 cm³/mol. The number of hydrogen-bond donors (Lipinski definition) is 2. The van der Waals surface area contributed by atoms with Crippen LogP contribution in [0.4, 0.5) is 17.6 Å². The summed E-state index contributed by atoms with van der Waals surface area (Å²) in [6, 6.07) is 10.0. The van der Waals surface area contributed by atoms with Crippen LogP contribution in [-0.4, -0.2) is 52.7 Å². The summed E-state index contributed by atoms with van der Waals surface area (Å²) < 4.78 is 53.7. The van der Waals surface area contributed by atoms with E-state index in [9.17, 15) is 31.9 Å². The van der Waals surface area contributed by atoms with Gasteiger partial charge in [0, 0.05) is 36.4 Å². The summed E-state index contributed by atoms with van der Waals surface area (Å²) in [5, 5.41) is 16.0. The van der Waals surface area contributed by atoms with E-state index in [4.69, 9.17) is 5.26 Å². The molecule has 4 rings (SSSR count). The Kier molecular flexibility index (Phi) is 8.25. The van der Waals surface area contributed by atoms with Crippen molar-refractivity contribution in [1.82, 2.24) is 20.5 Å². The third-order valence-electron chi connectivity index (χ3n) is 5.87. The van der Waals surface area contributed by atoms with E-state index in [1.807, 2.05) is 0 Å². The standard InChI is InChI=1S/C26H21F4N5O3S/c27-18-5-16(6-19(28)8-18)11-32-24(37)17-3-1-15(2-4-17)7-22-34-21(13-39-22)25(38)33-12-23(36)35-14-26(29,30)9-20(35)10-31/h1-6,8,13,20H,7,9,11-12,14H2,(H,32,37)(H,33,38)/t20-/m0/s1. The Balaban J connectivity index is 1.27. The molecule has 3 amide bonds. The van der Waals surface area contributed by atoms with Gasteiger partial charge in [-0.2, -0.15) is 5.26 Å². The number of likely N-dealkylation sites (tertiary alicyclic amines) is 1. The van der Waals surface area contributed by atoms with Gasteiger partial charge in [0.1, 0.15) is 23.4 Å². The molecule has 2 aromatic carbocycles. The fourth-order valence-corrected chi connectivity index (χ4v) is 4.79. The second-order valence-electron chi connectivity index (χ2n) is 8.87. The van der Waals surface area contributed by atoms with Gasteiger partial charge in [0.2, 0.25) is 5.91 Å². The highest BCUT2D eigenvalue weighted by Crippen LogP contribution is 2.31. The number of alkyl halides is 2. The van der Waals surface area contributed by atoms with Gasteiger partial charge in [-0.15, -0.1) is 11.3 Å². The molecule has 1 aliphatic rings. The van der Waals surface area contributed by atoms with Gasteiger partial charge < -0.3 is 15.5 Å². The normalized spacial score (nSPS) is 16.0. The number of carbonyl (C=O) groups is 3. The fourth-order valence-electron chi connectivity index (χ4n) is 3.98. The second kappa shape index (κ2) is 11.6. The van der Waals surface area contributed by atoms with Crippen LogP contribution in [0, 0.1) is 23.0 Å². The number of rotatable bonds is 8. The van der Waals surface area contributed by atoms with Crippen molar-refractivity contribution in [2.24, 2.45) is 0 Å². The molecule has 0 spiro atoms. The Morgan fingerprint density at radius 2 is 1.74 bits per heavy atom. The number of nitrogens with one attached hydrogen (secondary N) is 2.